The van der Waals surface area contributed by atoms with E-state index in [1.165, 1.54) is 15.9 Å². The lowest BCUT2D eigenvalue weighted by atomic mass is 10.1. The Labute approximate surface area is 156 Å². The molecule has 0 unspecified atom stereocenters. The van der Waals surface area contributed by atoms with E-state index in [0.717, 1.165) is 15.3 Å². The molecule has 8 heteroatoms. The summed E-state index contributed by atoms with van der Waals surface area (Å²) in [5.41, 5.74) is 1.17. The number of thiophene rings is 2. The SMILES string of the molecule is Cc1sc2nc(-c3ccncc3)n(CC(=O)O)c(=O)c2c1-c1cccs1. The number of carboxylic acid groups (broad SMARTS) is 1. The number of aliphatic carboxylic acids is 1. The molecule has 0 atom stereocenters. The van der Waals surface area contributed by atoms with Gasteiger partial charge in [-0.25, -0.2) is 4.98 Å². The summed E-state index contributed by atoms with van der Waals surface area (Å²) in [6.07, 6.45) is 3.18. The Bertz CT molecular complexity index is 1160. The van der Waals surface area contributed by atoms with Gasteiger partial charge in [0.2, 0.25) is 0 Å². The van der Waals surface area contributed by atoms with E-state index >= 15 is 0 Å². The summed E-state index contributed by atoms with van der Waals surface area (Å²) in [4.78, 5) is 35.8. The van der Waals surface area contributed by atoms with Crippen LogP contribution in [-0.2, 0) is 11.3 Å². The molecule has 0 spiro atoms. The Balaban J connectivity index is 2.09. The van der Waals surface area contributed by atoms with E-state index in [1.807, 2.05) is 24.4 Å². The molecule has 0 amide bonds. The highest BCUT2D eigenvalue weighted by Gasteiger charge is 2.21. The molecule has 0 aliphatic carbocycles. The van der Waals surface area contributed by atoms with Gasteiger partial charge in [-0.15, -0.1) is 22.7 Å². The van der Waals surface area contributed by atoms with E-state index in [2.05, 4.69) is 9.97 Å². The molecule has 1 N–H and O–H groups in total. The van der Waals surface area contributed by atoms with Crippen molar-refractivity contribution >= 4 is 38.9 Å². The molecule has 4 aromatic heterocycles. The van der Waals surface area contributed by atoms with Gasteiger partial charge in [0.1, 0.15) is 17.2 Å². The zero-order valence-electron chi connectivity index (χ0n) is 13.7. The molecule has 26 heavy (non-hydrogen) atoms. The molecular formula is C18H13N3O3S2. The minimum atomic E-state index is -1.09. The van der Waals surface area contributed by atoms with Crippen LogP contribution in [0.2, 0.25) is 0 Å². The molecule has 0 saturated carbocycles. The number of nitrogens with zero attached hydrogens (tertiary/aromatic N) is 3. The van der Waals surface area contributed by atoms with Gasteiger partial charge in [0.05, 0.1) is 5.39 Å². The third-order valence-corrected chi connectivity index (χ3v) is 5.87. The first-order valence-corrected chi connectivity index (χ1v) is 9.46. The van der Waals surface area contributed by atoms with Crippen molar-refractivity contribution in [2.75, 3.05) is 0 Å². The predicted octanol–water partition coefficient (Wildman–Crippen LogP) is 3.64. The Morgan fingerprint density at radius 3 is 2.69 bits per heavy atom. The fourth-order valence-corrected chi connectivity index (χ4v) is 4.84. The second-order valence-electron chi connectivity index (χ2n) is 5.65. The first kappa shape index (κ1) is 16.6. The molecule has 6 nitrogen and oxygen atoms in total. The van der Waals surface area contributed by atoms with Crippen molar-refractivity contribution in [3.05, 3.63) is 57.3 Å². The van der Waals surface area contributed by atoms with Gasteiger partial charge < -0.3 is 5.11 Å². The normalized spacial score (nSPS) is 11.1. The van der Waals surface area contributed by atoms with Gasteiger partial charge in [-0.3, -0.25) is 19.1 Å². The fourth-order valence-electron chi connectivity index (χ4n) is 2.92. The van der Waals surface area contributed by atoms with Crippen LogP contribution in [0.4, 0.5) is 0 Å². The highest BCUT2D eigenvalue weighted by molar-refractivity contribution is 7.20. The first-order valence-electron chi connectivity index (χ1n) is 7.76. The molecule has 0 bridgehead atoms. The van der Waals surface area contributed by atoms with Gasteiger partial charge in [0.15, 0.2) is 0 Å². The number of hydrogen-bond acceptors (Lipinski definition) is 6. The number of aryl methyl sites for hydroxylation is 1. The predicted molar refractivity (Wildman–Crippen MR) is 103 cm³/mol. The van der Waals surface area contributed by atoms with Gasteiger partial charge in [-0.05, 0) is 30.5 Å². The Morgan fingerprint density at radius 2 is 2.04 bits per heavy atom. The minimum Gasteiger partial charge on any atom is -0.480 e. The van der Waals surface area contributed by atoms with Gasteiger partial charge in [0, 0.05) is 33.3 Å². The highest BCUT2D eigenvalue weighted by Crippen LogP contribution is 2.38. The van der Waals surface area contributed by atoms with E-state index in [4.69, 9.17) is 0 Å². The van der Waals surface area contributed by atoms with E-state index in [0.29, 0.717) is 21.6 Å². The van der Waals surface area contributed by atoms with Crippen LogP contribution in [0.1, 0.15) is 4.88 Å². The molecule has 4 rings (SSSR count). The summed E-state index contributed by atoms with van der Waals surface area (Å²) in [5, 5.41) is 11.7. The molecule has 0 aromatic carbocycles. The topological polar surface area (TPSA) is 85.1 Å². The summed E-state index contributed by atoms with van der Waals surface area (Å²) in [6, 6.07) is 7.31. The summed E-state index contributed by atoms with van der Waals surface area (Å²) in [6.45, 7) is 1.51. The summed E-state index contributed by atoms with van der Waals surface area (Å²) in [5.74, 6) is -0.750. The number of carbonyl (C=O) groups is 1. The van der Waals surface area contributed by atoms with Crippen LogP contribution in [0.5, 0.6) is 0 Å². The molecule has 0 fully saturated rings. The number of hydrogen-bond donors (Lipinski definition) is 1. The maximum Gasteiger partial charge on any atom is 0.323 e. The van der Waals surface area contributed by atoms with Crippen LogP contribution in [0.15, 0.2) is 46.8 Å². The maximum absolute atomic E-state index is 13.2. The van der Waals surface area contributed by atoms with E-state index in [1.54, 1.807) is 35.9 Å². The van der Waals surface area contributed by atoms with Gasteiger partial charge in [-0.2, -0.15) is 0 Å². The molecule has 0 aliphatic rings. The van der Waals surface area contributed by atoms with Gasteiger partial charge in [-0.1, -0.05) is 6.07 Å². The van der Waals surface area contributed by atoms with Crippen molar-refractivity contribution < 1.29 is 9.90 Å². The largest absolute Gasteiger partial charge is 0.480 e. The average Bonchev–Trinajstić information content (AvgIpc) is 3.24. The zero-order chi connectivity index (χ0) is 18.3. The van der Waals surface area contributed by atoms with Crippen LogP contribution in [0, 0.1) is 6.92 Å². The third-order valence-electron chi connectivity index (χ3n) is 3.99. The standard InChI is InChI=1S/C18H13N3O3S2/c1-10-14(12-3-2-8-25-12)15-17(26-10)20-16(11-4-6-19-7-5-11)21(18(15)24)9-13(22)23/h2-8H,9H2,1H3,(H,22,23). The zero-order valence-corrected chi connectivity index (χ0v) is 15.3. The van der Waals surface area contributed by atoms with Crippen molar-refractivity contribution in [1.29, 1.82) is 0 Å². The lowest BCUT2D eigenvalue weighted by Crippen LogP contribution is -2.26. The minimum absolute atomic E-state index is 0.336. The van der Waals surface area contributed by atoms with Gasteiger partial charge in [0.25, 0.3) is 5.56 Å². The number of fused-ring (bicyclic) bond motifs is 1. The van der Waals surface area contributed by atoms with Crippen molar-refractivity contribution in [3.8, 4) is 21.8 Å². The number of pyridine rings is 1. The first-order chi connectivity index (χ1) is 12.6. The highest BCUT2D eigenvalue weighted by atomic mass is 32.1. The lowest BCUT2D eigenvalue weighted by Gasteiger charge is -2.10. The Morgan fingerprint density at radius 1 is 1.27 bits per heavy atom. The monoisotopic (exact) mass is 383 g/mol. The van der Waals surface area contributed by atoms with Gasteiger partial charge >= 0.3 is 5.97 Å². The van der Waals surface area contributed by atoms with E-state index < -0.39 is 12.5 Å². The fraction of sp³-hybridized carbons (Fsp3) is 0.111. The molecular weight excluding hydrogens is 370 g/mol. The van der Waals surface area contributed by atoms with Crippen LogP contribution < -0.4 is 5.56 Å². The van der Waals surface area contributed by atoms with Crippen LogP contribution in [0.25, 0.3) is 32.0 Å². The number of rotatable bonds is 4. The second kappa shape index (κ2) is 6.47. The molecule has 4 aromatic rings. The third kappa shape index (κ3) is 2.73. The molecule has 0 aliphatic heterocycles. The summed E-state index contributed by atoms with van der Waals surface area (Å²) in [7, 11) is 0. The Kier molecular flexibility index (Phi) is 4.14. The second-order valence-corrected chi connectivity index (χ2v) is 7.80. The molecule has 0 radical (unpaired) electrons. The Hall–Kier alpha value is -2.84. The van der Waals surface area contributed by atoms with Crippen LogP contribution >= 0.6 is 22.7 Å². The van der Waals surface area contributed by atoms with E-state index in [9.17, 15) is 14.7 Å². The average molecular weight is 383 g/mol. The number of aromatic nitrogens is 3. The molecule has 4 heterocycles. The summed E-state index contributed by atoms with van der Waals surface area (Å²) >= 11 is 2.99. The number of carboxylic acids is 1. The van der Waals surface area contributed by atoms with Crippen molar-refractivity contribution in [2.45, 2.75) is 13.5 Å². The summed E-state index contributed by atoms with van der Waals surface area (Å²) < 4.78 is 1.23. The van der Waals surface area contributed by atoms with Crippen molar-refractivity contribution in [3.63, 3.8) is 0 Å². The maximum atomic E-state index is 13.2. The van der Waals surface area contributed by atoms with E-state index in [-0.39, 0.29) is 5.56 Å². The smallest absolute Gasteiger partial charge is 0.323 e. The molecule has 130 valence electrons. The quantitative estimate of drug-likeness (QED) is 0.581. The van der Waals surface area contributed by atoms with Crippen molar-refractivity contribution in [1.82, 2.24) is 14.5 Å². The van der Waals surface area contributed by atoms with Crippen LogP contribution in [-0.4, -0.2) is 25.6 Å². The molecule has 0 saturated heterocycles. The van der Waals surface area contributed by atoms with Crippen molar-refractivity contribution in [2.24, 2.45) is 0 Å². The lowest BCUT2D eigenvalue weighted by molar-refractivity contribution is -0.137. The van der Waals surface area contributed by atoms with Crippen LogP contribution in [0.3, 0.4) is 0 Å².